The summed E-state index contributed by atoms with van der Waals surface area (Å²) in [6.07, 6.45) is 12.0. The van der Waals surface area contributed by atoms with E-state index in [4.69, 9.17) is 4.74 Å². The third-order valence-electron chi connectivity index (χ3n) is 12.0. The number of carbonyl (C=O) groups excluding carboxylic acids is 2. The normalized spacial score (nSPS) is 26.5. The third-order valence-corrected chi connectivity index (χ3v) is 12.0. The number of ketones is 1. The van der Waals surface area contributed by atoms with Gasteiger partial charge in [-0.1, -0.05) is 87.2 Å². The van der Waals surface area contributed by atoms with Gasteiger partial charge in [-0.05, 0) is 117 Å². The molecule has 0 unspecified atom stereocenters. The van der Waals surface area contributed by atoms with Crippen molar-refractivity contribution in [2.45, 2.75) is 122 Å². The second kappa shape index (κ2) is 15.2. The average Bonchev–Trinajstić information content (AvgIpc) is 3.35. The first-order valence-corrected chi connectivity index (χ1v) is 18.8. The van der Waals surface area contributed by atoms with Crippen molar-refractivity contribution in [3.63, 3.8) is 0 Å². The minimum atomic E-state index is -1.19. The number of carbonyl (C=O) groups is 2. The lowest BCUT2D eigenvalue weighted by atomic mass is 9.64. The zero-order chi connectivity index (χ0) is 34.6. The van der Waals surface area contributed by atoms with Gasteiger partial charge in [0.1, 0.15) is 5.75 Å². The van der Waals surface area contributed by atoms with E-state index in [0.717, 1.165) is 78.8 Å². The molecular formula is C43H55NO5. The molecule has 2 saturated carbocycles. The lowest BCUT2D eigenvalue weighted by Crippen LogP contribution is -2.54. The van der Waals surface area contributed by atoms with Crippen LogP contribution in [-0.4, -0.2) is 51.8 Å². The molecule has 6 nitrogen and oxygen atoms in total. The quantitative estimate of drug-likeness (QED) is 0.194. The number of hydrogen-bond donors (Lipinski definition) is 2. The lowest BCUT2D eigenvalue weighted by molar-refractivity contribution is -0.0790. The largest absolute Gasteiger partial charge is 0.415 e. The van der Waals surface area contributed by atoms with E-state index in [-0.39, 0.29) is 24.2 Å². The lowest BCUT2D eigenvalue weighted by Gasteiger charge is -2.46. The molecule has 4 aliphatic rings. The molecule has 262 valence electrons. The molecule has 2 N–H and O–H groups in total. The number of ether oxygens (including phenoxy) is 1. The number of aliphatic hydroxyl groups excluding tert-OH is 1. The van der Waals surface area contributed by atoms with Crippen LogP contribution in [0.2, 0.25) is 0 Å². The number of aliphatic hydroxyl groups is 2. The van der Waals surface area contributed by atoms with Crippen LogP contribution >= 0.6 is 0 Å². The summed E-state index contributed by atoms with van der Waals surface area (Å²) in [6.45, 7) is 6.98. The number of rotatable bonds is 7. The summed E-state index contributed by atoms with van der Waals surface area (Å²) in [5.41, 5.74) is 2.24. The van der Waals surface area contributed by atoms with Crippen LogP contribution in [0, 0.1) is 11.3 Å². The highest BCUT2D eigenvalue weighted by Crippen LogP contribution is 2.59. The van der Waals surface area contributed by atoms with E-state index in [1.54, 1.807) is 4.90 Å². The zero-order valence-electron chi connectivity index (χ0n) is 29.8. The average molecular weight is 666 g/mol. The minimum Gasteiger partial charge on any atom is -0.410 e. The Labute approximate surface area is 292 Å². The van der Waals surface area contributed by atoms with Gasteiger partial charge >= 0.3 is 6.09 Å². The maximum absolute atomic E-state index is 14.3. The first kappa shape index (κ1) is 35.3. The summed E-state index contributed by atoms with van der Waals surface area (Å²) in [7, 11) is 0. The molecule has 49 heavy (non-hydrogen) atoms. The van der Waals surface area contributed by atoms with Crippen LogP contribution in [0.25, 0.3) is 10.8 Å². The number of fused-ring (bicyclic) bond motifs is 9. The number of Topliss-reactive ketones (excluding diaryl/α,β-unsaturated/α-hetero) is 1. The fraction of sp³-hybridized carbons (Fsp3) is 0.535. The van der Waals surface area contributed by atoms with Gasteiger partial charge in [0.05, 0.1) is 18.2 Å². The van der Waals surface area contributed by atoms with Gasteiger partial charge in [-0.15, -0.1) is 0 Å². The second-order valence-electron chi connectivity index (χ2n) is 15.4. The predicted molar refractivity (Wildman–Crippen MR) is 196 cm³/mol. The van der Waals surface area contributed by atoms with Crippen LogP contribution in [0.3, 0.4) is 0 Å². The standard InChI is InChI=1S/C43H55NO5/c1-4-25-44(41(47)49-36-20-18-32-12-8-9-15-34(32)28-36)29-43(48)24-22-39-37-21-17-31(27-38(37)40(46)33-13-6-5-7-14-33)26-35(45)19-16-30(2)11-10-23-42(39,43)3/h8-9,11-12,15,17-18,20-21,27-28,33,35,39,45,48H,4-7,10,13-14,16,19,22-26,29H2,1-3H3/t35-,39-,42-,43+/m0/s1. The van der Waals surface area contributed by atoms with E-state index in [9.17, 15) is 19.8 Å². The Hall–Kier alpha value is -3.48. The molecule has 6 heteroatoms. The van der Waals surface area contributed by atoms with E-state index < -0.39 is 23.2 Å². The number of benzene rings is 3. The predicted octanol–water partition coefficient (Wildman–Crippen LogP) is 9.55. The van der Waals surface area contributed by atoms with Crippen molar-refractivity contribution in [3.8, 4) is 5.75 Å². The van der Waals surface area contributed by atoms with Gasteiger partial charge in [0.25, 0.3) is 0 Å². The highest BCUT2D eigenvalue weighted by atomic mass is 16.6. The Morgan fingerprint density at radius 3 is 2.49 bits per heavy atom. The van der Waals surface area contributed by atoms with E-state index in [2.05, 4.69) is 38.1 Å². The Morgan fingerprint density at radius 2 is 1.71 bits per heavy atom. The van der Waals surface area contributed by atoms with Crippen molar-refractivity contribution >= 4 is 22.6 Å². The van der Waals surface area contributed by atoms with Crippen LogP contribution < -0.4 is 4.74 Å². The van der Waals surface area contributed by atoms with Crippen molar-refractivity contribution in [3.05, 3.63) is 89.0 Å². The number of nitrogens with zero attached hydrogens (tertiary/aromatic N) is 1. The van der Waals surface area contributed by atoms with Crippen molar-refractivity contribution < 1.29 is 24.5 Å². The van der Waals surface area contributed by atoms with Gasteiger partial charge < -0.3 is 19.8 Å². The molecule has 2 bridgehead atoms. The maximum atomic E-state index is 14.3. The highest BCUT2D eigenvalue weighted by Gasteiger charge is 2.57. The SMILES string of the molecule is CCCN(C[C@]1(O)CC[C@H]2c3ccc(cc3C(=O)C3CCCCC3)C[C@@H](O)CCC(C)=CCC[C@@]21C)C(=O)Oc1ccc2ccccc2c1. The van der Waals surface area contributed by atoms with Crippen LogP contribution in [0.4, 0.5) is 4.79 Å². The maximum Gasteiger partial charge on any atom is 0.415 e. The third kappa shape index (κ3) is 7.66. The fourth-order valence-electron chi connectivity index (χ4n) is 9.01. The monoisotopic (exact) mass is 665 g/mol. The van der Waals surface area contributed by atoms with Gasteiger partial charge in [-0.3, -0.25) is 4.79 Å². The summed E-state index contributed by atoms with van der Waals surface area (Å²) in [5.74, 6) is 0.671. The molecule has 0 heterocycles. The van der Waals surface area contributed by atoms with Crippen molar-refractivity contribution in [2.75, 3.05) is 13.1 Å². The molecule has 0 radical (unpaired) electrons. The Kier molecular flexibility index (Phi) is 11.0. The fourth-order valence-corrected chi connectivity index (χ4v) is 9.01. The molecule has 0 aromatic heterocycles. The van der Waals surface area contributed by atoms with Crippen LogP contribution in [0.15, 0.2) is 72.3 Å². The molecule has 3 aromatic rings. The van der Waals surface area contributed by atoms with Gasteiger partial charge in [0, 0.05) is 23.4 Å². The van der Waals surface area contributed by atoms with Gasteiger partial charge in [0.15, 0.2) is 5.78 Å². The Bertz CT molecular complexity index is 1670. The minimum absolute atomic E-state index is 0.0219. The van der Waals surface area contributed by atoms with E-state index >= 15 is 0 Å². The van der Waals surface area contributed by atoms with Gasteiger partial charge in [-0.2, -0.15) is 0 Å². The summed E-state index contributed by atoms with van der Waals surface area (Å²) in [4.78, 5) is 29.8. The second-order valence-corrected chi connectivity index (χ2v) is 15.4. The Morgan fingerprint density at radius 1 is 0.939 bits per heavy atom. The summed E-state index contributed by atoms with van der Waals surface area (Å²) >= 11 is 0. The van der Waals surface area contributed by atoms with Gasteiger partial charge in [-0.25, -0.2) is 4.79 Å². The molecule has 7 rings (SSSR count). The van der Waals surface area contributed by atoms with E-state index in [1.807, 2.05) is 49.4 Å². The topological polar surface area (TPSA) is 87.1 Å². The smallest absolute Gasteiger partial charge is 0.410 e. The number of hydrogen-bond acceptors (Lipinski definition) is 5. The van der Waals surface area contributed by atoms with Crippen molar-refractivity contribution in [1.29, 1.82) is 0 Å². The van der Waals surface area contributed by atoms with Gasteiger partial charge in [0.2, 0.25) is 0 Å². The first-order chi connectivity index (χ1) is 23.6. The molecule has 0 spiro atoms. The van der Waals surface area contributed by atoms with Crippen LogP contribution in [0.1, 0.15) is 125 Å². The van der Waals surface area contributed by atoms with Crippen molar-refractivity contribution in [1.82, 2.24) is 4.90 Å². The summed E-state index contributed by atoms with van der Waals surface area (Å²) in [5, 5.41) is 25.9. The zero-order valence-corrected chi connectivity index (χ0v) is 29.8. The molecule has 2 fully saturated rings. The number of amides is 1. The molecule has 1 amide bonds. The van der Waals surface area contributed by atoms with Crippen LogP contribution in [-0.2, 0) is 6.42 Å². The van der Waals surface area contributed by atoms with Crippen molar-refractivity contribution in [2.24, 2.45) is 11.3 Å². The highest BCUT2D eigenvalue weighted by molar-refractivity contribution is 5.99. The Balaban J connectivity index is 1.34. The molecule has 0 saturated heterocycles. The van der Waals surface area contributed by atoms with Crippen LogP contribution in [0.5, 0.6) is 5.75 Å². The molecule has 3 aromatic carbocycles. The first-order valence-electron chi connectivity index (χ1n) is 18.8. The molecule has 4 aliphatic carbocycles. The molecular weight excluding hydrogens is 610 g/mol. The summed E-state index contributed by atoms with van der Waals surface area (Å²) < 4.78 is 5.96. The van der Waals surface area contributed by atoms with E-state index in [0.29, 0.717) is 38.0 Å². The molecule has 0 aliphatic heterocycles. The van der Waals surface area contributed by atoms with E-state index in [1.165, 1.54) is 12.0 Å². The molecule has 4 atom stereocenters. The summed E-state index contributed by atoms with van der Waals surface area (Å²) in [6, 6.07) is 19.9. The number of allylic oxidation sites excluding steroid dienone is 2.